The van der Waals surface area contributed by atoms with Gasteiger partial charge >= 0.3 is 5.97 Å². The number of hydrogen-bond acceptors (Lipinski definition) is 3. The highest BCUT2D eigenvalue weighted by Crippen LogP contribution is 2.15. The van der Waals surface area contributed by atoms with Crippen molar-refractivity contribution in [1.29, 1.82) is 0 Å². The molecular weight excluding hydrogens is 342 g/mol. The Morgan fingerprint density at radius 3 is 2.59 bits per heavy atom. The summed E-state index contributed by atoms with van der Waals surface area (Å²) in [5.41, 5.74) is 3.02. The summed E-state index contributed by atoms with van der Waals surface area (Å²) in [4.78, 5) is 27.9. The minimum atomic E-state index is -0.964. The van der Waals surface area contributed by atoms with Crippen molar-refractivity contribution in [1.82, 2.24) is 14.9 Å². The van der Waals surface area contributed by atoms with E-state index in [1.165, 1.54) is 0 Å². The molecule has 0 atom stereocenters. The summed E-state index contributed by atoms with van der Waals surface area (Å²) in [6.07, 6.45) is 2.28. The maximum atomic E-state index is 12.0. The lowest BCUT2D eigenvalue weighted by Crippen LogP contribution is -2.25. The molecule has 3 rings (SSSR count). The summed E-state index contributed by atoms with van der Waals surface area (Å²) in [5.74, 6) is -0.0329. The Labute approximate surface area is 157 Å². The van der Waals surface area contributed by atoms with Gasteiger partial charge < -0.3 is 15.0 Å². The molecule has 2 N–H and O–H groups in total. The summed E-state index contributed by atoms with van der Waals surface area (Å²) < 4.78 is 2.08. The first-order chi connectivity index (χ1) is 13.1. The number of carbonyl (C=O) groups is 2. The van der Waals surface area contributed by atoms with Crippen molar-refractivity contribution in [2.24, 2.45) is 7.05 Å². The number of nitrogens with zero attached hydrogens (tertiary/aromatic N) is 2. The zero-order chi connectivity index (χ0) is 19.2. The summed E-state index contributed by atoms with van der Waals surface area (Å²) in [7, 11) is 2.00. The first-order valence-corrected chi connectivity index (χ1v) is 9.04. The quantitative estimate of drug-likeness (QED) is 0.601. The van der Waals surface area contributed by atoms with E-state index in [0.717, 1.165) is 29.7 Å². The SMILES string of the molecule is Cn1c(CCCNC(=O)CCc2ccccc2C(=O)O)nc2ccccc21. The number of benzene rings is 2. The maximum absolute atomic E-state index is 12.0. The van der Waals surface area contributed by atoms with Crippen LogP contribution in [-0.4, -0.2) is 33.1 Å². The fourth-order valence-electron chi connectivity index (χ4n) is 3.18. The molecule has 140 valence electrons. The van der Waals surface area contributed by atoms with Crippen LogP contribution < -0.4 is 5.32 Å². The molecule has 1 heterocycles. The lowest BCUT2D eigenvalue weighted by Gasteiger charge is -2.07. The predicted molar refractivity (Wildman–Crippen MR) is 104 cm³/mol. The topological polar surface area (TPSA) is 84.2 Å². The van der Waals surface area contributed by atoms with Gasteiger partial charge in [-0.3, -0.25) is 4.79 Å². The lowest BCUT2D eigenvalue weighted by atomic mass is 10.0. The van der Waals surface area contributed by atoms with Crippen molar-refractivity contribution in [3.63, 3.8) is 0 Å². The van der Waals surface area contributed by atoms with Gasteiger partial charge in [0, 0.05) is 26.4 Å². The number of carboxylic acid groups (broad SMARTS) is 1. The predicted octanol–water partition coefficient (Wildman–Crippen LogP) is 2.95. The average Bonchev–Trinajstić information content (AvgIpc) is 3.00. The van der Waals surface area contributed by atoms with Gasteiger partial charge in [0.1, 0.15) is 5.82 Å². The molecule has 1 aromatic heterocycles. The minimum absolute atomic E-state index is 0.0693. The highest BCUT2D eigenvalue weighted by molar-refractivity contribution is 5.89. The van der Waals surface area contributed by atoms with Crippen LogP contribution in [0, 0.1) is 0 Å². The molecule has 0 bridgehead atoms. The first-order valence-electron chi connectivity index (χ1n) is 9.04. The second kappa shape index (κ2) is 8.49. The Hall–Kier alpha value is -3.15. The van der Waals surface area contributed by atoms with Gasteiger partial charge in [0.15, 0.2) is 0 Å². The van der Waals surface area contributed by atoms with Crippen molar-refractivity contribution in [3.05, 3.63) is 65.5 Å². The largest absolute Gasteiger partial charge is 0.478 e. The van der Waals surface area contributed by atoms with E-state index in [1.54, 1.807) is 24.3 Å². The van der Waals surface area contributed by atoms with Gasteiger partial charge in [-0.2, -0.15) is 0 Å². The Kier molecular flexibility index (Phi) is 5.86. The number of para-hydroxylation sites is 2. The van der Waals surface area contributed by atoms with Crippen molar-refractivity contribution in [2.45, 2.75) is 25.7 Å². The fraction of sp³-hybridized carbons (Fsp3) is 0.286. The van der Waals surface area contributed by atoms with E-state index in [0.29, 0.717) is 18.5 Å². The number of hydrogen-bond donors (Lipinski definition) is 2. The summed E-state index contributed by atoms with van der Waals surface area (Å²) >= 11 is 0. The zero-order valence-electron chi connectivity index (χ0n) is 15.3. The Morgan fingerprint density at radius 2 is 1.81 bits per heavy atom. The molecule has 0 saturated carbocycles. The molecule has 2 aromatic carbocycles. The van der Waals surface area contributed by atoms with Crippen molar-refractivity contribution >= 4 is 22.9 Å². The number of nitrogens with one attached hydrogen (secondary N) is 1. The summed E-state index contributed by atoms with van der Waals surface area (Å²) in [5, 5.41) is 12.1. The standard InChI is InChI=1S/C21H23N3O3/c1-24-18-10-5-4-9-17(18)23-19(24)11-6-14-22-20(25)13-12-15-7-2-3-8-16(15)21(26)27/h2-5,7-10H,6,11-14H2,1H3,(H,22,25)(H,26,27). The van der Waals surface area contributed by atoms with Gasteiger partial charge in [0.05, 0.1) is 16.6 Å². The second-order valence-electron chi connectivity index (χ2n) is 6.49. The minimum Gasteiger partial charge on any atom is -0.478 e. The van der Waals surface area contributed by atoms with Gasteiger partial charge in [-0.15, -0.1) is 0 Å². The number of carbonyl (C=O) groups excluding carboxylic acids is 1. The lowest BCUT2D eigenvalue weighted by molar-refractivity contribution is -0.121. The third-order valence-electron chi connectivity index (χ3n) is 4.65. The molecule has 0 spiro atoms. The molecule has 0 radical (unpaired) electrons. The third kappa shape index (κ3) is 4.53. The monoisotopic (exact) mass is 365 g/mol. The number of aromatic carboxylic acids is 1. The van der Waals surface area contributed by atoms with Crippen LogP contribution in [0.25, 0.3) is 11.0 Å². The van der Waals surface area contributed by atoms with E-state index in [4.69, 9.17) is 0 Å². The van der Waals surface area contributed by atoms with Crippen LogP contribution in [0.15, 0.2) is 48.5 Å². The molecule has 0 aliphatic rings. The molecule has 6 nitrogen and oxygen atoms in total. The third-order valence-corrected chi connectivity index (χ3v) is 4.65. The van der Waals surface area contributed by atoms with E-state index in [9.17, 15) is 14.7 Å². The fourth-order valence-corrected chi connectivity index (χ4v) is 3.18. The number of amides is 1. The van der Waals surface area contributed by atoms with E-state index >= 15 is 0 Å². The van der Waals surface area contributed by atoms with Crippen LogP contribution >= 0.6 is 0 Å². The normalized spacial score (nSPS) is 10.9. The Balaban J connectivity index is 1.45. The molecule has 0 aliphatic carbocycles. The smallest absolute Gasteiger partial charge is 0.335 e. The van der Waals surface area contributed by atoms with Gasteiger partial charge in [-0.25, -0.2) is 9.78 Å². The van der Waals surface area contributed by atoms with Crippen LogP contribution in [0.5, 0.6) is 0 Å². The molecule has 0 aliphatic heterocycles. The second-order valence-corrected chi connectivity index (χ2v) is 6.49. The molecule has 3 aromatic rings. The molecule has 0 saturated heterocycles. The zero-order valence-corrected chi connectivity index (χ0v) is 15.3. The van der Waals surface area contributed by atoms with E-state index < -0.39 is 5.97 Å². The van der Waals surface area contributed by atoms with Crippen LogP contribution in [0.4, 0.5) is 0 Å². The molecule has 6 heteroatoms. The van der Waals surface area contributed by atoms with Crippen LogP contribution in [0.2, 0.25) is 0 Å². The number of aromatic nitrogens is 2. The highest BCUT2D eigenvalue weighted by Gasteiger charge is 2.11. The first kappa shape index (κ1) is 18.6. The number of imidazole rings is 1. The Bertz CT molecular complexity index is 962. The molecular formula is C21H23N3O3. The number of fused-ring (bicyclic) bond motifs is 1. The number of rotatable bonds is 8. The van der Waals surface area contributed by atoms with E-state index in [-0.39, 0.29) is 17.9 Å². The highest BCUT2D eigenvalue weighted by atomic mass is 16.4. The van der Waals surface area contributed by atoms with Gasteiger partial charge in [-0.1, -0.05) is 30.3 Å². The molecule has 27 heavy (non-hydrogen) atoms. The number of aryl methyl sites for hydroxylation is 3. The van der Waals surface area contributed by atoms with Gasteiger partial charge in [0.25, 0.3) is 0 Å². The molecule has 1 amide bonds. The number of carboxylic acids is 1. The average molecular weight is 365 g/mol. The Morgan fingerprint density at radius 1 is 1.07 bits per heavy atom. The molecule has 0 unspecified atom stereocenters. The van der Waals surface area contributed by atoms with E-state index in [2.05, 4.69) is 14.9 Å². The maximum Gasteiger partial charge on any atom is 0.335 e. The molecule has 0 fully saturated rings. The van der Waals surface area contributed by atoms with Gasteiger partial charge in [0.2, 0.25) is 5.91 Å². The summed E-state index contributed by atoms with van der Waals surface area (Å²) in [6, 6.07) is 14.8. The van der Waals surface area contributed by atoms with Crippen molar-refractivity contribution in [2.75, 3.05) is 6.54 Å². The summed E-state index contributed by atoms with van der Waals surface area (Å²) in [6.45, 7) is 0.572. The van der Waals surface area contributed by atoms with Gasteiger partial charge in [-0.05, 0) is 36.6 Å². The van der Waals surface area contributed by atoms with Crippen LogP contribution in [0.1, 0.15) is 34.6 Å². The van der Waals surface area contributed by atoms with Crippen molar-refractivity contribution in [3.8, 4) is 0 Å². The van der Waals surface area contributed by atoms with E-state index in [1.807, 2.05) is 31.3 Å². The van der Waals surface area contributed by atoms with Crippen molar-refractivity contribution < 1.29 is 14.7 Å². The van der Waals surface area contributed by atoms with Crippen LogP contribution in [-0.2, 0) is 24.7 Å². The van der Waals surface area contributed by atoms with Crippen LogP contribution in [0.3, 0.4) is 0 Å².